The van der Waals surface area contributed by atoms with Crippen molar-refractivity contribution < 1.29 is 19.2 Å². The SMILES string of the molecule is C[C@H](CCC[C@@H](OC(=O)c1ccc([N+](=O)[O-])cc1)c1ccccc1)COCc1ccccc1. The first-order valence-electron chi connectivity index (χ1n) is 11.1. The van der Waals surface area contributed by atoms with Gasteiger partial charge in [0.1, 0.15) is 6.10 Å². The average Bonchev–Trinajstić information content (AvgIpc) is 2.84. The summed E-state index contributed by atoms with van der Waals surface area (Å²) in [6, 6.07) is 25.2. The quantitative estimate of drug-likeness (QED) is 0.179. The van der Waals surface area contributed by atoms with Crippen LogP contribution >= 0.6 is 0 Å². The summed E-state index contributed by atoms with van der Waals surface area (Å²) in [5.41, 5.74) is 2.33. The smallest absolute Gasteiger partial charge is 0.338 e. The maximum Gasteiger partial charge on any atom is 0.338 e. The highest BCUT2D eigenvalue weighted by Gasteiger charge is 2.19. The number of non-ortho nitro benzene ring substituents is 1. The van der Waals surface area contributed by atoms with Crippen molar-refractivity contribution in [2.24, 2.45) is 5.92 Å². The summed E-state index contributed by atoms with van der Waals surface area (Å²) in [4.78, 5) is 23.0. The van der Waals surface area contributed by atoms with Crippen LogP contribution in [0, 0.1) is 16.0 Å². The molecule has 0 heterocycles. The molecule has 6 nitrogen and oxygen atoms in total. The largest absolute Gasteiger partial charge is 0.454 e. The predicted octanol–water partition coefficient (Wildman–Crippen LogP) is 6.52. The fourth-order valence-corrected chi connectivity index (χ4v) is 3.57. The zero-order valence-corrected chi connectivity index (χ0v) is 18.8. The Morgan fingerprint density at radius 2 is 1.55 bits per heavy atom. The van der Waals surface area contributed by atoms with Crippen LogP contribution in [-0.2, 0) is 16.1 Å². The third-order valence-electron chi connectivity index (χ3n) is 5.41. The van der Waals surface area contributed by atoms with E-state index in [0.717, 1.165) is 24.0 Å². The first-order valence-corrected chi connectivity index (χ1v) is 11.1. The number of carbonyl (C=O) groups excluding carboxylic acids is 1. The molecule has 3 rings (SSSR count). The number of rotatable bonds is 12. The second-order valence-corrected chi connectivity index (χ2v) is 8.15. The first kappa shape index (κ1) is 24.1. The van der Waals surface area contributed by atoms with Gasteiger partial charge in [0.15, 0.2) is 0 Å². The minimum absolute atomic E-state index is 0.0605. The van der Waals surface area contributed by atoms with Gasteiger partial charge in [0.05, 0.1) is 17.1 Å². The van der Waals surface area contributed by atoms with E-state index < -0.39 is 10.9 Å². The maximum absolute atomic E-state index is 12.7. The van der Waals surface area contributed by atoms with Crippen LogP contribution in [0.2, 0.25) is 0 Å². The van der Waals surface area contributed by atoms with Gasteiger partial charge < -0.3 is 9.47 Å². The molecule has 6 heteroatoms. The lowest BCUT2D eigenvalue weighted by Crippen LogP contribution is -2.13. The standard InChI is InChI=1S/C27H29NO5/c1-21(19-32-20-22-10-4-2-5-11-22)9-8-14-26(23-12-6-3-7-13-23)33-27(29)24-15-17-25(18-16-24)28(30)31/h2-7,10-13,15-18,21,26H,8-9,14,19-20H2,1H3/t21-,26-/m1/s1. The van der Waals surface area contributed by atoms with Crippen LogP contribution in [0.15, 0.2) is 84.9 Å². The van der Waals surface area contributed by atoms with Gasteiger partial charge in [-0.25, -0.2) is 4.79 Å². The number of esters is 1. The van der Waals surface area contributed by atoms with Gasteiger partial charge in [-0.2, -0.15) is 0 Å². The van der Waals surface area contributed by atoms with E-state index in [2.05, 4.69) is 19.1 Å². The molecule has 33 heavy (non-hydrogen) atoms. The van der Waals surface area contributed by atoms with E-state index in [1.54, 1.807) is 0 Å². The molecular weight excluding hydrogens is 418 g/mol. The molecule has 0 bridgehead atoms. The lowest BCUT2D eigenvalue weighted by molar-refractivity contribution is -0.384. The van der Waals surface area contributed by atoms with Gasteiger partial charge in [0.2, 0.25) is 0 Å². The topological polar surface area (TPSA) is 78.7 Å². The fraction of sp³-hybridized carbons (Fsp3) is 0.296. The Balaban J connectivity index is 1.51. The zero-order valence-electron chi connectivity index (χ0n) is 18.8. The van der Waals surface area contributed by atoms with E-state index in [9.17, 15) is 14.9 Å². The van der Waals surface area contributed by atoms with E-state index in [-0.39, 0.29) is 11.8 Å². The Kier molecular flexibility index (Phi) is 9.15. The number of nitro benzene ring substituents is 1. The Morgan fingerprint density at radius 3 is 2.18 bits per heavy atom. The lowest BCUT2D eigenvalue weighted by Gasteiger charge is -2.20. The molecule has 0 aliphatic rings. The Labute approximate surface area is 194 Å². The fourth-order valence-electron chi connectivity index (χ4n) is 3.57. The van der Waals surface area contributed by atoms with Gasteiger partial charge in [-0.1, -0.05) is 67.6 Å². The van der Waals surface area contributed by atoms with Crippen molar-refractivity contribution in [1.82, 2.24) is 0 Å². The molecule has 0 N–H and O–H groups in total. The first-order chi connectivity index (χ1) is 16.0. The highest BCUT2D eigenvalue weighted by molar-refractivity contribution is 5.89. The van der Waals surface area contributed by atoms with Crippen LogP contribution in [-0.4, -0.2) is 17.5 Å². The van der Waals surface area contributed by atoms with Crippen LogP contribution in [0.4, 0.5) is 5.69 Å². The summed E-state index contributed by atoms with van der Waals surface area (Å²) in [6.45, 7) is 3.43. The normalized spacial score (nSPS) is 12.6. The molecular formula is C27H29NO5. The molecule has 0 aliphatic heterocycles. The minimum atomic E-state index is -0.493. The predicted molar refractivity (Wildman–Crippen MR) is 127 cm³/mol. The summed E-state index contributed by atoms with van der Waals surface area (Å²) < 4.78 is 11.6. The molecule has 3 aromatic carbocycles. The summed E-state index contributed by atoms with van der Waals surface area (Å²) in [7, 11) is 0. The molecule has 3 aromatic rings. The average molecular weight is 448 g/mol. The van der Waals surface area contributed by atoms with E-state index in [1.807, 2.05) is 48.5 Å². The van der Waals surface area contributed by atoms with Crippen molar-refractivity contribution in [2.45, 2.75) is 38.9 Å². The Bertz CT molecular complexity index is 1010. The van der Waals surface area contributed by atoms with E-state index in [0.29, 0.717) is 31.1 Å². The number of nitro groups is 1. The highest BCUT2D eigenvalue weighted by Crippen LogP contribution is 2.26. The molecule has 0 saturated carbocycles. The lowest BCUT2D eigenvalue weighted by atomic mass is 9.99. The van der Waals surface area contributed by atoms with Crippen LogP contribution in [0.5, 0.6) is 0 Å². The van der Waals surface area contributed by atoms with Gasteiger partial charge >= 0.3 is 5.97 Å². The molecule has 0 aromatic heterocycles. The summed E-state index contributed by atoms with van der Waals surface area (Å²) in [6.07, 6.45) is 2.13. The van der Waals surface area contributed by atoms with Crippen LogP contribution in [0.3, 0.4) is 0 Å². The molecule has 0 spiro atoms. The molecule has 0 aliphatic carbocycles. The van der Waals surface area contributed by atoms with Crippen LogP contribution < -0.4 is 0 Å². The van der Waals surface area contributed by atoms with Crippen molar-refractivity contribution in [1.29, 1.82) is 0 Å². The third-order valence-corrected chi connectivity index (χ3v) is 5.41. The van der Waals surface area contributed by atoms with Gasteiger partial charge in [-0.15, -0.1) is 0 Å². The zero-order chi connectivity index (χ0) is 23.5. The maximum atomic E-state index is 12.7. The summed E-state index contributed by atoms with van der Waals surface area (Å²) >= 11 is 0. The molecule has 2 atom stereocenters. The van der Waals surface area contributed by atoms with Crippen molar-refractivity contribution >= 4 is 11.7 Å². The van der Waals surface area contributed by atoms with Crippen molar-refractivity contribution in [2.75, 3.05) is 6.61 Å². The van der Waals surface area contributed by atoms with Gasteiger partial charge in [-0.3, -0.25) is 10.1 Å². The molecule has 172 valence electrons. The molecule has 0 unspecified atom stereocenters. The molecule has 0 fully saturated rings. The Morgan fingerprint density at radius 1 is 0.909 bits per heavy atom. The number of nitrogens with zero attached hydrogens (tertiary/aromatic N) is 1. The minimum Gasteiger partial charge on any atom is -0.454 e. The number of benzene rings is 3. The summed E-state index contributed by atoms with van der Waals surface area (Å²) in [5, 5.41) is 10.8. The van der Waals surface area contributed by atoms with Gasteiger partial charge in [0, 0.05) is 18.7 Å². The number of carbonyl (C=O) groups is 1. The van der Waals surface area contributed by atoms with Gasteiger partial charge in [-0.05, 0) is 48.4 Å². The molecule has 0 saturated heterocycles. The van der Waals surface area contributed by atoms with Crippen molar-refractivity contribution in [3.63, 3.8) is 0 Å². The van der Waals surface area contributed by atoms with Crippen LogP contribution in [0.1, 0.15) is 53.8 Å². The van der Waals surface area contributed by atoms with Crippen molar-refractivity contribution in [3.8, 4) is 0 Å². The number of hydrogen-bond acceptors (Lipinski definition) is 5. The Hall–Kier alpha value is -3.51. The summed E-state index contributed by atoms with van der Waals surface area (Å²) in [5.74, 6) is -0.103. The molecule has 0 amide bonds. The number of hydrogen-bond donors (Lipinski definition) is 0. The van der Waals surface area contributed by atoms with E-state index in [4.69, 9.17) is 9.47 Å². The second kappa shape index (κ2) is 12.5. The van der Waals surface area contributed by atoms with Crippen molar-refractivity contribution in [3.05, 3.63) is 112 Å². The highest BCUT2D eigenvalue weighted by atomic mass is 16.6. The number of ether oxygens (including phenoxy) is 2. The van der Waals surface area contributed by atoms with Crippen LogP contribution in [0.25, 0.3) is 0 Å². The van der Waals surface area contributed by atoms with Gasteiger partial charge in [0.25, 0.3) is 5.69 Å². The van der Waals surface area contributed by atoms with E-state index >= 15 is 0 Å². The third kappa shape index (κ3) is 7.84. The molecule has 0 radical (unpaired) electrons. The van der Waals surface area contributed by atoms with E-state index in [1.165, 1.54) is 24.3 Å². The monoisotopic (exact) mass is 447 g/mol. The second-order valence-electron chi connectivity index (χ2n) is 8.15.